The van der Waals surface area contributed by atoms with Crippen LogP contribution in [0.3, 0.4) is 0 Å². The first-order valence-electron chi connectivity index (χ1n) is 8.01. The van der Waals surface area contributed by atoms with E-state index >= 15 is 0 Å². The molecule has 0 aliphatic rings. The van der Waals surface area contributed by atoms with Gasteiger partial charge in [0.25, 0.3) is 5.56 Å². The number of rotatable bonds is 4. The number of hydrogen-bond acceptors (Lipinski definition) is 4. The van der Waals surface area contributed by atoms with E-state index < -0.39 is 0 Å². The third kappa shape index (κ3) is 3.38. The molecule has 136 valence electrons. The minimum atomic E-state index is -0.196. The summed E-state index contributed by atoms with van der Waals surface area (Å²) in [6.45, 7) is 0.334. The maximum atomic E-state index is 13.0. The molecule has 9 heteroatoms. The smallest absolute Gasteiger partial charge is 0.264 e. The molecule has 3 aromatic heterocycles. The molecule has 0 atom stereocenters. The van der Waals surface area contributed by atoms with Crippen molar-refractivity contribution in [2.45, 2.75) is 6.54 Å². The van der Waals surface area contributed by atoms with Gasteiger partial charge in [-0.2, -0.15) is 5.10 Å². The highest BCUT2D eigenvalue weighted by Crippen LogP contribution is 2.22. The predicted molar refractivity (Wildman–Crippen MR) is 110 cm³/mol. The normalized spacial score (nSPS) is 11.2. The van der Waals surface area contributed by atoms with Crippen LogP contribution in [-0.2, 0) is 6.54 Å². The molecule has 0 fully saturated rings. The van der Waals surface area contributed by atoms with Crippen LogP contribution in [0, 0.1) is 0 Å². The molecule has 3 heterocycles. The summed E-state index contributed by atoms with van der Waals surface area (Å²) >= 11 is 15.2. The van der Waals surface area contributed by atoms with E-state index in [0.29, 0.717) is 38.6 Å². The Morgan fingerprint density at radius 1 is 1.07 bits per heavy atom. The minimum Gasteiger partial charge on any atom is -0.291 e. The standard InChI is InChI=1S/C18H12BrCl2N5O/c19-15-6-1-11(9-22-15)16-24-17-14(18(27)25(16)8-7-20)10-23-26(17)13-4-2-12(21)3-5-13/h1-6,9-10H,7-8H2. The van der Waals surface area contributed by atoms with Crippen LogP contribution in [0.1, 0.15) is 0 Å². The first-order chi connectivity index (χ1) is 13.1. The molecule has 0 N–H and O–H groups in total. The zero-order chi connectivity index (χ0) is 19.0. The Hall–Kier alpha value is -2.22. The van der Waals surface area contributed by atoms with E-state index in [-0.39, 0.29) is 11.4 Å². The number of fused-ring (bicyclic) bond motifs is 1. The maximum Gasteiger partial charge on any atom is 0.264 e. The Labute approximate surface area is 172 Å². The number of nitrogens with zero attached hydrogens (tertiary/aromatic N) is 5. The molecule has 0 bridgehead atoms. The van der Waals surface area contributed by atoms with Crippen LogP contribution in [-0.4, -0.2) is 30.2 Å². The van der Waals surface area contributed by atoms with E-state index in [1.54, 1.807) is 33.6 Å². The Kier molecular flexibility index (Phi) is 4.99. The summed E-state index contributed by atoms with van der Waals surface area (Å²) < 4.78 is 3.87. The Balaban J connectivity index is 1.99. The number of pyridine rings is 1. The summed E-state index contributed by atoms with van der Waals surface area (Å²) in [4.78, 5) is 22.0. The summed E-state index contributed by atoms with van der Waals surface area (Å²) in [5.41, 5.74) is 1.74. The van der Waals surface area contributed by atoms with Gasteiger partial charge in [-0.15, -0.1) is 11.6 Å². The van der Waals surface area contributed by atoms with Crippen molar-refractivity contribution in [1.82, 2.24) is 24.3 Å². The number of halogens is 3. The highest BCUT2D eigenvalue weighted by atomic mass is 79.9. The molecule has 0 aliphatic heterocycles. The highest BCUT2D eigenvalue weighted by molar-refractivity contribution is 9.10. The molecule has 0 radical (unpaired) electrons. The third-order valence-electron chi connectivity index (χ3n) is 4.05. The quantitative estimate of drug-likeness (QED) is 0.333. The first-order valence-corrected chi connectivity index (χ1v) is 9.71. The SMILES string of the molecule is O=c1c2cnn(-c3ccc(Cl)cc3)c2nc(-c2ccc(Br)nc2)n1CCCl. The maximum absolute atomic E-state index is 13.0. The largest absolute Gasteiger partial charge is 0.291 e. The third-order valence-corrected chi connectivity index (χ3v) is 4.94. The van der Waals surface area contributed by atoms with Crippen molar-refractivity contribution in [2.24, 2.45) is 0 Å². The van der Waals surface area contributed by atoms with E-state index in [2.05, 4.69) is 26.0 Å². The summed E-state index contributed by atoms with van der Waals surface area (Å²) in [7, 11) is 0. The second kappa shape index (κ2) is 7.42. The Morgan fingerprint density at radius 3 is 2.52 bits per heavy atom. The zero-order valence-corrected chi connectivity index (χ0v) is 16.9. The number of hydrogen-bond donors (Lipinski definition) is 0. The lowest BCUT2D eigenvalue weighted by molar-refractivity contribution is 0.730. The molecule has 0 saturated heterocycles. The van der Waals surface area contributed by atoms with Crippen molar-refractivity contribution < 1.29 is 0 Å². The second-order valence-corrected chi connectivity index (χ2v) is 7.35. The first kappa shape index (κ1) is 18.2. The van der Waals surface area contributed by atoms with Gasteiger partial charge in [0, 0.05) is 29.2 Å². The predicted octanol–water partition coefficient (Wildman–Crippen LogP) is 4.30. The molecule has 1 aromatic carbocycles. The highest BCUT2D eigenvalue weighted by Gasteiger charge is 2.17. The molecule has 0 aliphatic carbocycles. The van der Waals surface area contributed by atoms with Crippen LogP contribution in [0.5, 0.6) is 0 Å². The summed E-state index contributed by atoms with van der Waals surface area (Å²) in [6.07, 6.45) is 3.18. The van der Waals surface area contributed by atoms with Crippen molar-refractivity contribution in [3.8, 4) is 17.1 Å². The van der Waals surface area contributed by atoms with Gasteiger partial charge in [-0.3, -0.25) is 9.36 Å². The van der Waals surface area contributed by atoms with Crippen molar-refractivity contribution in [3.05, 3.63) is 68.8 Å². The van der Waals surface area contributed by atoms with Crippen LogP contribution in [0.4, 0.5) is 0 Å². The van der Waals surface area contributed by atoms with Gasteiger partial charge in [-0.05, 0) is 52.3 Å². The van der Waals surface area contributed by atoms with Gasteiger partial charge in [0.05, 0.1) is 11.9 Å². The van der Waals surface area contributed by atoms with Crippen LogP contribution < -0.4 is 5.56 Å². The van der Waals surface area contributed by atoms with Gasteiger partial charge in [0.15, 0.2) is 5.65 Å². The molecule has 0 spiro atoms. The summed E-state index contributed by atoms with van der Waals surface area (Å²) in [5, 5.41) is 5.39. The van der Waals surface area contributed by atoms with Gasteiger partial charge >= 0.3 is 0 Å². The van der Waals surface area contributed by atoms with E-state index in [9.17, 15) is 4.79 Å². The molecule has 4 aromatic rings. The Morgan fingerprint density at radius 2 is 1.85 bits per heavy atom. The van der Waals surface area contributed by atoms with Crippen LogP contribution >= 0.6 is 39.1 Å². The van der Waals surface area contributed by atoms with E-state index in [1.165, 1.54) is 6.20 Å². The minimum absolute atomic E-state index is 0.196. The monoisotopic (exact) mass is 463 g/mol. The number of alkyl halides is 1. The topological polar surface area (TPSA) is 65.6 Å². The molecule has 0 amide bonds. The van der Waals surface area contributed by atoms with Gasteiger partial charge in [0.1, 0.15) is 15.8 Å². The molecule has 4 rings (SSSR count). The summed E-state index contributed by atoms with van der Waals surface area (Å²) in [5.74, 6) is 0.777. The molecule has 6 nitrogen and oxygen atoms in total. The number of aromatic nitrogens is 5. The van der Waals surface area contributed by atoms with Gasteiger partial charge in [0.2, 0.25) is 0 Å². The molecule has 0 saturated carbocycles. The second-order valence-electron chi connectivity index (χ2n) is 5.72. The van der Waals surface area contributed by atoms with Gasteiger partial charge in [-0.25, -0.2) is 14.6 Å². The molecule has 27 heavy (non-hydrogen) atoms. The Bertz CT molecular complexity index is 1170. The van der Waals surface area contributed by atoms with Crippen molar-refractivity contribution >= 4 is 50.2 Å². The zero-order valence-electron chi connectivity index (χ0n) is 13.8. The van der Waals surface area contributed by atoms with Crippen LogP contribution in [0.2, 0.25) is 5.02 Å². The molecular weight excluding hydrogens is 453 g/mol. The lowest BCUT2D eigenvalue weighted by Crippen LogP contribution is -2.24. The fourth-order valence-electron chi connectivity index (χ4n) is 2.79. The fourth-order valence-corrected chi connectivity index (χ4v) is 3.32. The van der Waals surface area contributed by atoms with Crippen LogP contribution in [0.25, 0.3) is 28.1 Å². The van der Waals surface area contributed by atoms with Crippen LogP contribution in [0.15, 0.2) is 58.2 Å². The average Bonchev–Trinajstić information content (AvgIpc) is 3.09. The average molecular weight is 465 g/mol. The lowest BCUT2D eigenvalue weighted by atomic mass is 10.2. The van der Waals surface area contributed by atoms with Gasteiger partial charge < -0.3 is 0 Å². The molecular formula is C18H12BrCl2N5O. The van der Waals surface area contributed by atoms with E-state index in [1.807, 2.05) is 18.2 Å². The van der Waals surface area contributed by atoms with Gasteiger partial charge in [-0.1, -0.05) is 11.6 Å². The lowest BCUT2D eigenvalue weighted by Gasteiger charge is -2.12. The summed E-state index contributed by atoms with van der Waals surface area (Å²) in [6, 6.07) is 10.8. The number of benzene rings is 1. The van der Waals surface area contributed by atoms with E-state index in [0.717, 1.165) is 5.69 Å². The van der Waals surface area contributed by atoms with E-state index in [4.69, 9.17) is 28.2 Å². The van der Waals surface area contributed by atoms with Crippen molar-refractivity contribution in [3.63, 3.8) is 0 Å². The van der Waals surface area contributed by atoms with Crippen molar-refractivity contribution in [2.75, 3.05) is 5.88 Å². The fraction of sp³-hybridized carbons (Fsp3) is 0.111. The van der Waals surface area contributed by atoms with Crippen molar-refractivity contribution in [1.29, 1.82) is 0 Å². The molecule has 0 unspecified atom stereocenters.